The Morgan fingerprint density at radius 3 is 2.53 bits per heavy atom. The number of aryl methyl sites for hydroxylation is 1. The summed E-state index contributed by atoms with van der Waals surface area (Å²) in [7, 11) is 0. The number of hydrogen-bond donors (Lipinski definition) is 1. The molecule has 0 amide bonds. The average Bonchev–Trinajstić information content (AvgIpc) is 2.70. The molecule has 2 aromatic rings. The van der Waals surface area contributed by atoms with Crippen LogP contribution in [0.4, 0.5) is 4.39 Å². The second-order valence-electron chi connectivity index (χ2n) is 6.00. The first-order valence-corrected chi connectivity index (χ1v) is 6.78. The summed E-state index contributed by atoms with van der Waals surface area (Å²) >= 11 is 0. The molecule has 3 heteroatoms. The van der Waals surface area contributed by atoms with Gasteiger partial charge in [-0.15, -0.1) is 0 Å². The van der Waals surface area contributed by atoms with Crippen molar-refractivity contribution in [2.75, 3.05) is 6.54 Å². The van der Waals surface area contributed by atoms with Crippen molar-refractivity contribution in [3.05, 3.63) is 34.8 Å². The lowest BCUT2D eigenvalue weighted by molar-refractivity contribution is 0.475. The van der Waals surface area contributed by atoms with E-state index in [2.05, 4.69) is 26.1 Å². The van der Waals surface area contributed by atoms with Gasteiger partial charge in [0.25, 0.3) is 0 Å². The van der Waals surface area contributed by atoms with Gasteiger partial charge >= 0.3 is 0 Å². The van der Waals surface area contributed by atoms with E-state index < -0.39 is 0 Å². The third-order valence-corrected chi connectivity index (χ3v) is 3.35. The quantitative estimate of drug-likeness (QED) is 0.893. The molecule has 1 aromatic heterocycles. The normalized spacial score (nSPS) is 12.3. The number of halogens is 1. The summed E-state index contributed by atoms with van der Waals surface area (Å²) in [5, 5.41) is 4.15. The number of fused-ring (bicyclic) bond motifs is 1. The first-order chi connectivity index (χ1) is 8.86. The zero-order valence-electron chi connectivity index (χ0n) is 12.4. The molecule has 0 unspecified atom stereocenters. The largest absolute Gasteiger partial charge is 0.456 e. The van der Waals surface area contributed by atoms with Crippen molar-refractivity contribution < 1.29 is 8.81 Å². The summed E-state index contributed by atoms with van der Waals surface area (Å²) in [6, 6.07) is 3.78. The van der Waals surface area contributed by atoms with Gasteiger partial charge in [0.05, 0.1) is 6.54 Å². The third kappa shape index (κ3) is 2.52. The lowest BCUT2D eigenvalue weighted by atomic mass is 9.84. The molecule has 0 saturated heterocycles. The fourth-order valence-electron chi connectivity index (χ4n) is 2.46. The Bertz CT molecular complexity index is 593. The second-order valence-corrected chi connectivity index (χ2v) is 6.00. The van der Waals surface area contributed by atoms with Gasteiger partial charge in [-0.25, -0.2) is 4.39 Å². The molecule has 0 spiro atoms. The van der Waals surface area contributed by atoms with Crippen molar-refractivity contribution in [3.63, 3.8) is 0 Å². The molecule has 0 atom stereocenters. The first kappa shape index (κ1) is 14.1. The molecule has 0 saturated carbocycles. The van der Waals surface area contributed by atoms with Gasteiger partial charge in [-0.2, -0.15) is 0 Å². The van der Waals surface area contributed by atoms with Gasteiger partial charge < -0.3 is 9.73 Å². The van der Waals surface area contributed by atoms with Crippen LogP contribution in [0.25, 0.3) is 11.0 Å². The molecular formula is C16H22FNO. The summed E-state index contributed by atoms with van der Waals surface area (Å²) in [5.41, 5.74) is 2.04. The average molecular weight is 263 g/mol. The standard InChI is InChI=1S/C16H22FNO/c1-6-18-9-12-13(16(3,4)5)11-8-7-10(2)14(17)15(11)19-12/h7-8,18H,6,9H2,1-5H3. The highest BCUT2D eigenvalue weighted by Crippen LogP contribution is 2.37. The highest BCUT2D eigenvalue weighted by atomic mass is 19.1. The van der Waals surface area contributed by atoms with Crippen molar-refractivity contribution in [3.8, 4) is 0 Å². The number of rotatable bonds is 3. The molecule has 0 fully saturated rings. The predicted octanol–water partition coefficient (Wildman–Crippen LogP) is 4.29. The number of benzene rings is 1. The Labute approximate surface area is 114 Å². The van der Waals surface area contributed by atoms with Crippen LogP contribution in [-0.4, -0.2) is 6.54 Å². The van der Waals surface area contributed by atoms with Crippen LogP contribution in [0.15, 0.2) is 16.5 Å². The van der Waals surface area contributed by atoms with Gasteiger partial charge in [0.2, 0.25) is 0 Å². The van der Waals surface area contributed by atoms with Gasteiger partial charge in [-0.3, -0.25) is 0 Å². The Morgan fingerprint density at radius 2 is 1.95 bits per heavy atom. The number of hydrogen-bond acceptors (Lipinski definition) is 2. The van der Waals surface area contributed by atoms with Gasteiger partial charge in [0.15, 0.2) is 11.4 Å². The molecule has 1 aromatic carbocycles. The van der Waals surface area contributed by atoms with Crippen LogP contribution in [0.5, 0.6) is 0 Å². The summed E-state index contributed by atoms with van der Waals surface area (Å²) < 4.78 is 20.0. The maximum absolute atomic E-state index is 14.2. The Kier molecular flexibility index (Phi) is 3.68. The molecule has 1 heterocycles. The molecule has 1 N–H and O–H groups in total. The minimum absolute atomic E-state index is 0.0717. The maximum Gasteiger partial charge on any atom is 0.170 e. The molecule has 104 valence electrons. The highest BCUT2D eigenvalue weighted by molar-refractivity contribution is 5.84. The molecular weight excluding hydrogens is 241 g/mol. The lowest BCUT2D eigenvalue weighted by Crippen LogP contribution is -2.18. The molecule has 2 nitrogen and oxygen atoms in total. The highest BCUT2D eigenvalue weighted by Gasteiger charge is 2.26. The van der Waals surface area contributed by atoms with Crippen LogP contribution in [0.1, 0.15) is 44.6 Å². The van der Waals surface area contributed by atoms with Crippen LogP contribution in [0.3, 0.4) is 0 Å². The molecule has 0 bridgehead atoms. The fraction of sp³-hybridized carbons (Fsp3) is 0.500. The summed E-state index contributed by atoms with van der Waals surface area (Å²) in [6.07, 6.45) is 0. The molecule has 0 aliphatic heterocycles. The van der Waals surface area contributed by atoms with E-state index in [1.165, 1.54) is 0 Å². The molecule has 19 heavy (non-hydrogen) atoms. The topological polar surface area (TPSA) is 25.2 Å². The Hall–Kier alpha value is -1.35. The summed E-state index contributed by atoms with van der Waals surface area (Å²) in [4.78, 5) is 0. The van der Waals surface area contributed by atoms with E-state index in [-0.39, 0.29) is 11.2 Å². The monoisotopic (exact) mass is 263 g/mol. The zero-order valence-corrected chi connectivity index (χ0v) is 12.4. The first-order valence-electron chi connectivity index (χ1n) is 6.78. The maximum atomic E-state index is 14.2. The van der Waals surface area contributed by atoms with Gasteiger partial charge in [0.1, 0.15) is 5.76 Å². The SMILES string of the molecule is CCNCc1oc2c(F)c(C)ccc2c1C(C)(C)C. The molecule has 2 rings (SSSR count). The number of nitrogens with one attached hydrogen (secondary N) is 1. The van der Waals surface area contributed by atoms with Crippen LogP contribution in [-0.2, 0) is 12.0 Å². The lowest BCUT2D eigenvalue weighted by Gasteiger charge is -2.19. The molecule has 0 aliphatic rings. The fourth-order valence-corrected chi connectivity index (χ4v) is 2.46. The zero-order chi connectivity index (χ0) is 14.2. The van der Waals surface area contributed by atoms with E-state index >= 15 is 0 Å². The van der Waals surface area contributed by atoms with E-state index in [1.807, 2.05) is 19.1 Å². The Morgan fingerprint density at radius 1 is 1.26 bits per heavy atom. The van der Waals surface area contributed by atoms with E-state index in [0.717, 1.165) is 23.3 Å². The van der Waals surface area contributed by atoms with E-state index in [9.17, 15) is 4.39 Å². The van der Waals surface area contributed by atoms with Crippen molar-refractivity contribution in [1.29, 1.82) is 0 Å². The molecule has 0 radical (unpaired) electrons. The smallest absolute Gasteiger partial charge is 0.170 e. The minimum Gasteiger partial charge on any atom is -0.456 e. The minimum atomic E-state index is -0.245. The third-order valence-electron chi connectivity index (χ3n) is 3.35. The molecule has 0 aliphatic carbocycles. The van der Waals surface area contributed by atoms with Crippen molar-refractivity contribution in [1.82, 2.24) is 5.32 Å². The van der Waals surface area contributed by atoms with Gasteiger partial charge in [0, 0.05) is 10.9 Å². The van der Waals surface area contributed by atoms with Crippen LogP contribution in [0.2, 0.25) is 0 Å². The van der Waals surface area contributed by atoms with E-state index in [1.54, 1.807) is 6.92 Å². The van der Waals surface area contributed by atoms with Crippen LogP contribution >= 0.6 is 0 Å². The Balaban J connectivity index is 2.69. The summed E-state index contributed by atoms with van der Waals surface area (Å²) in [6.45, 7) is 11.7. The second kappa shape index (κ2) is 4.97. The van der Waals surface area contributed by atoms with Crippen molar-refractivity contribution in [2.24, 2.45) is 0 Å². The predicted molar refractivity (Wildman–Crippen MR) is 77.0 cm³/mol. The van der Waals surface area contributed by atoms with E-state index in [0.29, 0.717) is 17.7 Å². The van der Waals surface area contributed by atoms with Crippen molar-refractivity contribution >= 4 is 11.0 Å². The van der Waals surface area contributed by atoms with Gasteiger partial charge in [-0.05, 0) is 24.4 Å². The van der Waals surface area contributed by atoms with Gasteiger partial charge in [-0.1, -0.05) is 39.8 Å². The van der Waals surface area contributed by atoms with E-state index in [4.69, 9.17) is 4.42 Å². The van der Waals surface area contributed by atoms with Crippen molar-refractivity contribution in [2.45, 2.75) is 46.6 Å². The summed E-state index contributed by atoms with van der Waals surface area (Å²) in [5.74, 6) is 0.597. The van der Waals surface area contributed by atoms with Crippen LogP contribution in [0, 0.1) is 12.7 Å². The number of furan rings is 1. The van der Waals surface area contributed by atoms with Crippen LogP contribution < -0.4 is 5.32 Å².